The van der Waals surface area contributed by atoms with Crippen LogP contribution in [0.4, 0.5) is 0 Å². The van der Waals surface area contributed by atoms with Gasteiger partial charge in [0.1, 0.15) is 0 Å². The molecule has 2 heterocycles. The molecule has 0 aromatic carbocycles. The lowest BCUT2D eigenvalue weighted by atomic mass is 9.73. The number of allylic oxidation sites excluding steroid dienone is 1. The summed E-state index contributed by atoms with van der Waals surface area (Å²) in [5.41, 5.74) is 4.25. The number of aryl methyl sites for hydroxylation is 1. The highest BCUT2D eigenvalue weighted by atomic mass is 32.1. The molecule has 0 N–H and O–H groups in total. The van der Waals surface area contributed by atoms with Gasteiger partial charge >= 0.3 is 0 Å². The molecular weight excluding hydrogens is 139 g/mol. The highest BCUT2D eigenvalue weighted by Gasteiger charge is 2.14. The molecule has 1 aromatic rings. The minimum atomic E-state index is 1.41. The minimum Gasteiger partial charge on any atom is -0.145 e. The minimum absolute atomic E-state index is 1.41. The summed E-state index contributed by atoms with van der Waals surface area (Å²) < 4.78 is 0. The van der Waals surface area contributed by atoms with Crippen LogP contribution in [0, 0.1) is 6.92 Å². The standard InChI is InChI=1S/C8H8BS/c1-5-3-9-7-6(2)4-10-8(5)7/h3-4H,1-2H3. The summed E-state index contributed by atoms with van der Waals surface area (Å²) >= 11 is 1.85. The van der Waals surface area contributed by atoms with Crippen LogP contribution < -0.4 is 5.46 Å². The van der Waals surface area contributed by atoms with Crippen LogP contribution in [0.15, 0.2) is 11.4 Å². The van der Waals surface area contributed by atoms with E-state index in [0.29, 0.717) is 0 Å². The molecule has 0 saturated carbocycles. The predicted octanol–water partition coefficient (Wildman–Crippen LogP) is 1.76. The van der Waals surface area contributed by atoms with Crippen LogP contribution in [0.3, 0.4) is 0 Å². The van der Waals surface area contributed by atoms with Gasteiger partial charge in [0.2, 0.25) is 0 Å². The summed E-state index contributed by atoms with van der Waals surface area (Å²) in [5, 5.41) is 2.22. The van der Waals surface area contributed by atoms with Crippen LogP contribution in [0.2, 0.25) is 0 Å². The second kappa shape index (κ2) is 1.99. The Morgan fingerprint density at radius 3 is 2.90 bits per heavy atom. The summed E-state index contributed by atoms with van der Waals surface area (Å²) in [6, 6.07) is 0. The number of hydrogen-bond donors (Lipinski definition) is 0. The van der Waals surface area contributed by atoms with Gasteiger partial charge < -0.3 is 0 Å². The van der Waals surface area contributed by atoms with Gasteiger partial charge in [-0.15, -0.1) is 17.3 Å². The molecule has 1 aromatic heterocycles. The average Bonchev–Trinajstić information content (AvgIpc) is 2.41. The van der Waals surface area contributed by atoms with Crippen molar-refractivity contribution in [1.82, 2.24) is 0 Å². The van der Waals surface area contributed by atoms with Crippen LogP contribution in [-0.2, 0) is 0 Å². The van der Waals surface area contributed by atoms with E-state index in [0.717, 1.165) is 0 Å². The molecular formula is C8H8BS. The van der Waals surface area contributed by atoms with Crippen molar-refractivity contribution in [1.29, 1.82) is 0 Å². The number of rotatable bonds is 0. The Hall–Kier alpha value is -0.495. The number of hydrogen-bond acceptors (Lipinski definition) is 1. The van der Waals surface area contributed by atoms with E-state index in [1.807, 2.05) is 11.3 Å². The maximum Gasteiger partial charge on any atom is 0.184 e. The molecule has 0 atom stereocenters. The molecule has 0 amide bonds. The first-order chi connectivity index (χ1) is 4.79. The van der Waals surface area contributed by atoms with Gasteiger partial charge in [-0.1, -0.05) is 5.46 Å². The molecule has 2 rings (SSSR count). The van der Waals surface area contributed by atoms with Crippen molar-refractivity contribution in [2.75, 3.05) is 0 Å². The van der Waals surface area contributed by atoms with Crippen LogP contribution in [0.25, 0.3) is 5.57 Å². The second-order valence-electron chi connectivity index (χ2n) is 2.68. The van der Waals surface area contributed by atoms with Gasteiger partial charge in [-0.25, -0.2) is 0 Å². The fraction of sp³-hybridized carbons (Fsp3) is 0.250. The van der Waals surface area contributed by atoms with E-state index in [-0.39, 0.29) is 0 Å². The zero-order valence-corrected chi connectivity index (χ0v) is 6.96. The van der Waals surface area contributed by atoms with E-state index in [1.54, 1.807) is 0 Å². The summed E-state index contributed by atoms with van der Waals surface area (Å²) in [5.74, 6) is 2.19. The Kier molecular flexibility index (Phi) is 1.24. The SMILES string of the molecule is CC1=C[B]c2c(C)csc21. The normalized spacial score (nSPS) is 14.4. The van der Waals surface area contributed by atoms with Crippen molar-refractivity contribution in [3.63, 3.8) is 0 Å². The fourth-order valence-corrected chi connectivity index (χ4v) is 2.28. The molecule has 1 radical (unpaired) electrons. The first-order valence-electron chi connectivity index (χ1n) is 3.39. The first-order valence-corrected chi connectivity index (χ1v) is 4.27. The second-order valence-corrected chi connectivity index (χ2v) is 3.56. The molecule has 0 saturated heterocycles. The monoisotopic (exact) mass is 147 g/mol. The first kappa shape index (κ1) is 6.23. The summed E-state index contributed by atoms with van der Waals surface area (Å²) in [4.78, 5) is 1.46. The third kappa shape index (κ3) is 0.687. The van der Waals surface area contributed by atoms with Gasteiger partial charge in [-0.2, -0.15) is 0 Å². The van der Waals surface area contributed by atoms with Crippen LogP contribution in [-0.4, -0.2) is 7.28 Å². The highest BCUT2D eigenvalue weighted by molar-refractivity contribution is 7.13. The number of fused-ring (bicyclic) bond motifs is 1. The van der Waals surface area contributed by atoms with Crippen molar-refractivity contribution in [2.45, 2.75) is 13.8 Å². The van der Waals surface area contributed by atoms with E-state index in [1.165, 1.54) is 21.5 Å². The van der Waals surface area contributed by atoms with Gasteiger partial charge in [-0.3, -0.25) is 0 Å². The van der Waals surface area contributed by atoms with Crippen molar-refractivity contribution >= 4 is 29.7 Å². The summed E-state index contributed by atoms with van der Waals surface area (Å²) in [6.45, 7) is 4.33. The maximum atomic E-state index is 2.22. The van der Waals surface area contributed by atoms with Gasteiger partial charge in [0.15, 0.2) is 7.28 Å². The van der Waals surface area contributed by atoms with E-state index in [9.17, 15) is 0 Å². The van der Waals surface area contributed by atoms with Crippen LogP contribution >= 0.6 is 11.3 Å². The van der Waals surface area contributed by atoms with Crippen LogP contribution in [0.5, 0.6) is 0 Å². The Morgan fingerprint density at radius 1 is 1.40 bits per heavy atom. The molecule has 1 aliphatic heterocycles. The number of thiophene rings is 1. The van der Waals surface area contributed by atoms with E-state index >= 15 is 0 Å². The zero-order chi connectivity index (χ0) is 7.14. The molecule has 49 valence electrons. The lowest BCUT2D eigenvalue weighted by Crippen LogP contribution is -2.10. The highest BCUT2D eigenvalue weighted by Crippen LogP contribution is 2.23. The molecule has 1 aliphatic rings. The Bertz CT molecular complexity index is 296. The molecule has 0 aliphatic carbocycles. The Morgan fingerprint density at radius 2 is 2.20 bits per heavy atom. The molecule has 0 unspecified atom stereocenters. The van der Waals surface area contributed by atoms with Gasteiger partial charge in [0.05, 0.1) is 0 Å². The maximum absolute atomic E-state index is 2.22. The Labute approximate surface area is 65.8 Å². The van der Waals surface area contributed by atoms with Crippen molar-refractivity contribution in [3.8, 4) is 0 Å². The molecule has 10 heavy (non-hydrogen) atoms. The van der Waals surface area contributed by atoms with Crippen molar-refractivity contribution in [2.24, 2.45) is 0 Å². The predicted molar refractivity (Wildman–Crippen MR) is 48.1 cm³/mol. The molecule has 0 bridgehead atoms. The van der Waals surface area contributed by atoms with Gasteiger partial charge in [0, 0.05) is 4.88 Å². The largest absolute Gasteiger partial charge is 0.184 e. The zero-order valence-electron chi connectivity index (χ0n) is 6.14. The third-order valence-corrected chi connectivity index (χ3v) is 3.13. The molecule has 2 heteroatoms. The quantitative estimate of drug-likeness (QED) is 0.490. The third-order valence-electron chi connectivity index (χ3n) is 1.88. The molecule has 0 nitrogen and oxygen atoms in total. The Balaban J connectivity index is 2.62. The van der Waals surface area contributed by atoms with E-state index < -0.39 is 0 Å². The van der Waals surface area contributed by atoms with Crippen molar-refractivity contribution in [3.05, 3.63) is 21.8 Å². The van der Waals surface area contributed by atoms with E-state index in [2.05, 4.69) is 32.5 Å². The smallest absolute Gasteiger partial charge is 0.145 e. The van der Waals surface area contributed by atoms with Gasteiger partial charge in [0.25, 0.3) is 0 Å². The average molecular weight is 147 g/mol. The van der Waals surface area contributed by atoms with E-state index in [4.69, 9.17) is 0 Å². The van der Waals surface area contributed by atoms with Crippen LogP contribution in [0.1, 0.15) is 17.4 Å². The lowest BCUT2D eigenvalue weighted by Gasteiger charge is -1.90. The van der Waals surface area contributed by atoms with Crippen molar-refractivity contribution < 1.29 is 0 Å². The molecule has 0 spiro atoms. The van der Waals surface area contributed by atoms with Gasteiger partial charge in [-0.05, 0) is 30.4 Å². The summed E-state index contributed by atoms with van der Waals surface area (Å²) in [7, 11) is 2.20. The fourth-order valence-electron chi connectivity index (χ4n) is 1.25. The summed E-state index contributed by atoms with van der Waals surface area (Å²) in [6.07, 6.45) is 0. The topological polar surface area (TPSA) is 0 Å². The lowest BCUT2D eigenvalue weighted by molar-refractivity contribution is 1.59. The molecule has 0 fully saturated rings.